The highest BCUT2D eigenvalue weighted by Gasteiger charge is 2.44. The minimum atomic E-state index is -0.942. The normalized spacial score (nSPS) is 24.0. The lowest BCUT2D eigenvalue weighted by molar-refractivity contribution is -0.156. The zero-order valence-electron chi connectivity index (χ0n) is 15.1. The van der Waals surface area contributed by atoms with E-state index in [1.165, 1.54) is 29.8 Å². The van der Waals surface area contributed by atoms with Gasteiger partial charge in [-0.05, 0) is 37.8 Å². The van der Waals surface area contributed by atoms with Crippen molar-refractivity contribution >= 4 is 29.5 Å². The number of furan rings is 1. The molecule has 0 bridgehead atoms. The van der Waals surface area contributed by atoms with Crippen LogP contribution in [0.5, 0.6) is 0 Å². The second-order valence-corrected chi connectivity index (χ2v) is 8.00. The number of hydrogen-bond acceptors (Lipinski definition) is 7. The lowest BCUT2D eigenvalue weighted by Gasteiger charge is -2.26. The molecule has 1 aromatic heterocycles. The minimum absolute atomic E-state index is 0.135. The summed E-state index contributed by atoms with van der Waals surface area (Å²) in [6.45, 7) is 2.56. The molecule has 1 aliphatic carbocycles. The van der Waals surface area contributed by atoms with E-state index in [0.29, 0.717) is 11.5 Å². The van der Waals surface area contributed by atoms with E-state index in [9.17, 15) is 19.6 Å². The van der Waals surface area contributed by atoms with Crippen LogP contribution in [0.3, 0.4) is 0 Å². The van der Waals surface area contributed by atoms with Crippen LogP contribution in [0, 0.1) is 17.2 Å². The Morgan fingerprint density at radius 3 is 2.78 bits per heavy atom. The predicted octanol–water partition coefficient (Wildman–Crippen LogP) is 1.59. The molecule has 0 spiro atoms. The number of thioether (sulfide) groups is 1. The van der Waals surface area contributed by atoms with Gasteiger partial charge in [0.2, 0.25) is 5.91 Å². The first-order valence-electron chi connectivity index (χ1n) is 8.68. The Labute approximate surface area is 161 Å². The van der Waals surface area contributed by atoms with Gasteiger partial charge in [0, 0.05) is 12.7 Å². The molecule has 0 unspecified atom stereocenters. The van der Waals surface area contributed by atoms with E-state index in [1.807, 2.05) is 0 Å². The van der Waals surface area contributed by atoms with Crippen LogP contribution in [0.2, 0.25) is 0 Å². The topological polar surface area (TPSA) is 113 Å². The molecule has 1 aromatic rings. The van der Waals surface area contributed by atoms with E-state index in [1.54, 1.807) is 19.1 Å². The van der Waals surface area contributed by atoms with Crippen LogP contribution in [0.4, 0.5) is 0 Å². The standard InChI is InChI=1S/C18H21N3O5S/c1-11(22)21-13(9-27-16(21)14-4-3-7-25-14)17(24)26-8-15(23)20-18(2,10-19)12-5-6-12/h3-4,7,12-13,16H,5-6,8-9H2,1-2H3,(H,20,23)/t13-,16-,18+/m1/s1. The van der Waals surface area contributed by atoms with Crippen molar-refractivity contribution in [1.82, 2.24) is 10.2 Å². The zero-order chi connectivity index (χ0) is 19.6. The van der Waals surface area contributed by atoms with Gasteiger partial charge in [0.1, 0.15) is 22.7 Å². The van der Waals surface area contributed by atoms with Gasteiger partial charge in [0.15, 0.2) is 6.61 Å². The van der Waals surface area contributed by atoms with Gasteiger partial charge in [-0.15, -0.1) is 11.8 Å². The summed E-state index contributed by atoms with van der Waals surface area (Å²) >= 11 is 1.40. The largest absolute Gasteiger partial charge is 0.466 e. The zero-order valence-corrected chi connectivity index (χ0v) is 16.0. The first kappa shape index (κ1) is 19.3. The molecule has 3 atom stereocenters. The molecule has 1 saturated carbocycles. The highest BCUT2D eigenvalue weighted by atomic mass is 32.2. The Bertz CT molecular complexity index is 770. The summed E-state index contributed by atoms with van der Waals surface area (Å²) in [5.74, 6) is -0.385. The SMILES string of the molecule is CC(=O)N1[C@@H](C(=O)OCC(=O)N[C@@](C)(C#N)C2CC2)CS[C@@H]1c1ccco1. The van der Waals surface area contributed by atoms with Gasteiger partial charge in [-0.1, -0.05) is 0 Å². The van der Waals surface area contributed by atoms with Crippen molar-refractivity contribution in [3.63, 3.8) is 0 Å². The van der Waals surface area contributed by atoms with Crippen molar-refractivity contribution in [1.29, 1.82) is 5.26 Å². The van der Waals surface area contributed by atoms with E-state index >= 15 is 0 Å². The molecule has 1 saturated heterocycles. The molecule has 27 heavy (non-hydrogen) atoms. The van der Waals surface area contributed by atoms with Crippen LogP contribution in [0.15, 0.2) is 22.8 Å². The number of carbonyl (C=O) groups excluding carboxylic acids is 3. The van der Waals surface area contributed by atoms with Crippen molar-refractivity contribution in [2.45, 2.75) is 43.6 Å². The van der Waals surface area contributed by atoms with Crippen molar-refractivity contribution in [3.8, 4) is 6.07 Å². The molecule has 9 heteroatoms. The second-order valence-electron chi connectivity index (χ2n) is 6.89. The summed E-state index contributed by atoms with van der Waals surface area (Å²) in [6, 6.07) is 4.79. The molecule has 144 valence electrons. The van der Waals surface area contributed by atoms with Crippen molar-refractivity contribution in [2.75, 3.05) is 12.4 Å². The summed E-state index contributed by atoms with van der Waals surface area (Å²) in [6.07, 6.45) is 3.30. The summed E-state index contributed by atoms with van der Waals surface area (Å²) in [4.78, 5) is 38.0. The molecule has 0 radical (unpaired) electrons. The Kier molecular flexibility index (Phi) is 5.46. The third-order valence-corrected chi connectivity index (χ3v) is 6.08. The molecule has 8 nitrogen and oxygen atoms in total. The van der Waals surface area contributed by atoms with Gasteiger partial charge < -0.3 is 19.4 Å². The van der Waals surface area contributed by atoms with E-state index in [4.69, 9.17) is 9.15 Å². The van der Waals surface area contributed by atoms with Crippen LogP contribution in [-0.2, 0) is 19.1 Å². The molecular weight excluding hydrogens is 370 g/mol. The Hall–Kier alpha value is -2.47. The lowest BCUT2D eigenvalue weighted by atomic mass is 9.98. The molecule has 2 aliphatic rings. The van der Waals surface area contributed by atoms with Gasteiger partial charge in [0.05, 0.1) is 12.3 Å². The number of amides is 2. The molecular formula is C18H21N3O5S. The van der Waals surface area contributed by atoms with Crippen LogP contribution in [-0.4, -0.2) is 46.6 Å². The van der Waals surface area contributed by atoms with Gasteiger partial charge in [0.25, 0.3) is 5.91 Å². The monoisotopic (exact) mass is 391 g/mol. The summed E-state index contributed by atoms with van der Waals surface area (Å²) in [7, 11) is 0. The fourth-order valence-corrected chi connectivity index (χ4v) is 4.58. The quantitative estimate of drug-likeness (QED) is 0.733. The van der Waals surface area contributed by atoms with Gasteiger partial charge in [-0.2, -0.15) is 5.26 Å². The van der Waals surface area contributed by atoms with Crippen LogP contribution < -0.4 is 5.32 Å². The van der Waals surface area contributed by atoms with E-state index < -0.39 is 35.4 Å². The second kappa shape index (κ2) is 7.64. The number of ether oxygens (including phenoxy) is 1. The number of nitrogens with one attached hydrogen (secondary N) is 1. The third kappa shape index (κ3) is 4.11. The molecule has 2 fully saturated rings. The fraction of sp³-hybridized carbons (Fsp3) is 0.556. The number of nitriles is 1. The maximum Gasteiger partial charge on any atom is 0.330 e. The van der Waals surface area contributed by atoms with Crippen molar-refractivity contribution in [3.05, 3.63) is 24.2 Å². The minimum Gasteiger partial charge on any atom is -0.466 e. The fourth-order valence-electron chi connectivity index (χ4n) is 3.16. The van der Waals surface area contributed by atoms with E-state index in [2.05, 4.69) is 11.4 Å². The van der Waals surface area contributed by atoms with Crippen LogP contribution in [0.25, 0.3) is 0 Å². The Balaban J connectivity index is 1.58. The summed E-state index contributed by atoms with van der Waals surface area (Å²) in [5, 5.41) is 11.5. The first-order chi connectivity index (χ1) is 12.9. The number of rotatable bonds is 6. The summed E-state index contributed by atoms with van der Waals surface area (Å²) < 4.78 is 10.5. The Morgan fingerprint density at radius 2 is 2.22 bits per heavy atom. The molecule has 1 aliphatic heterocycles. The maximum absolute atomic E-state index is 12.5. The smallest absolute Gasteiger partial charge is 0.330 e. The molecule has 1 N–H and O–H groups in total. The van der Waals surface area contributed by atoms with Crippen LogP contribution in [0.1, 0.15) is 37.8 Å². The maximum atomic E-state index is 12.5. The lowest BCUT2D eigenvalue weighted by Crippen LogP contribution is -2.49. The van der Waals surface area contributed by atoms with Gasteiger partial charge >= 0.3 is 5.97 Å². The average Bonchev–Trinajstić information content (AvgIpc) is 3.19. The van der Waals surface area contributed by atoms with Crippen molar-refractivity contribution in [2.24, 2.45) is 5.92 Å². The average molecular weight is 391 g/mol. The Morgan fingerprint density at radius 1 is 1.48 bits per heavy atom. The van der Waals surface area contributed by atoms with E-state index in [-0.39, 0.29) is 11.8 Å². The predicted molar refractivity (Wildman–Crippen MR) is 96.1 cm³/mol. The highest BCUT2D eigenvalue weighted by molar-refractivity contribution is 7.99. The highest BCUT2D eigenvalue weighted by Crippen LogP contribution is 2.42. The number of carbonyl (C=O) groups is 3. The van der Waals surface area contributed by atoms with Gasteiger partial charge in [-0.25, -0.2) is 4.79 Å². The van der Waals surface area contributed by atoms with E-state index in [0.717, 1.165) is 12.8 Å². The van der Waals surface area contributed by atoms with Gasteiger partial charge in [-0.3, -0.25) is 9.59 Å². The third-order valence-electron chi connectivity index (χ3n) is 4.79. The number of nitrogens with zero attached hydrogens (tertiary/aromatic N) is 2. The molecule has 2 amide bonds. The van der Waals surface area contributed by atoms with Crippen molar-refractivity contribution < 1.29 is 23.5 Å². The number of esters is 1. The molecule has 2 heterocycles. The molecule has 0 aromatic carbocycles. The van der Waals surface area contributed by atoms with Crippen LogP contribution >= 0.6 is 11.8 Å². The molecule has 3 rings (SSSR count). The first-order valence-corrected chi connectivity index (χ1v) is 9.73. The number of hydrogen-bond donors (Lipinski definition) is 1. The summed E-state index contributed by atoms with van der Waals surface area (Å²) in [5.41, 5.74) is -0.942.